The molecule has 1 radical (unpaired) electrons. The van der Waals surface area contributed by atoms with E-state index in [0.29, 0.717) is 37.0 Å². The summed E-state index contributed by atoms with van der Waals surface area (Å²) in [6.45, 7) is 12.5. The molecule has 0 atom stereocenters. The quantitative estimate of drug-likeness (QED) is 0.0574. The Labute approximate surface area is 260 Å². The van der Waals surface area contributed by atoms with E-state index in [1.165, 1.54) is 0 Å². The van der Waals surface area contributed by atoms with Crippen molar-refractivity contribution in [2.45, 2.75) is 157 Å². The summed E-state index contributed by atoms with van der Waals surface area (Å²) >= 11 is 0. The van der Waals surface area contributed by atoms with Crippen molar-refractivity contribution in [2.75, 3.05) is 37.0 Å². The molecule has 0 aromatic rings. The van der Waals surface area contributed by atoms with Crippen molar-refractivity contribution in [3.8, 4) is 0 Å². The van der Waals surface area contributed by atoms with Crippen LogP contribution in [0.1, 0.15) is 157 Å². The van der Waals surface area contributed by atoms with Gasteiger partial charge in [0.1, 0.15) is 0 Å². The van der Waals surface area contributed by atoms with Crippen molar-refractivity contribution in [1.29, 1.82) is 0 Å². The van der Waals surface area contributed by atoms with Crippen molar-refractivity contribution in [3.05, 3.63) is 0 Å². The molecule has 40 heavy (non-hydrogen) atoms. The molecule has 0 heterocycles. The summed E-state index contributed by atoms with van der Waals surface area (Å²) in [5.41, 5.74) is 0. The van der Waals surface area contributed by atoms with E-state index >= 15 is 0 Å². The van der Waals surface area contributed by atoms with Crippen molar-refractivity contribution >= 4 is 22.1 Å². The van der Waals surface area contributed by atoms with Crippen molar-refractivity contribution in [3.63, 3.8) is 0 Å². The fourth-order valence-corrected chi connectivity index (χ4v) is 8.85. The maximum atomic E-state index is 11.4. The van der Waals surface area contributed by atoms with Gasteiger partial charge < -0.3 is 28.4 Å². The van der Waals surface area contributed by atoms with Crippen LogP contribution in [0.15, 0.2) is 0 Å². The van der Waals surface area contributed by atoms with Crippen molar-refractivity contribution in [2.24, 2.45) is 0 Å². The Hall–Kier alpha value is 1.09. The van der Waals surface area contributed by atoms with Crippen molar-refractivity contribution in [1.82, 2.24) is 0 Å². The number of hydrogen-bond donors (Lipinski definition) is 0. The van der Waals surface area contributed by atoms with E-state index in [9.17, 15) is 28.4 Å². The van der Waals surface area contributed by atoms with Gasteiger partial charge in [0.25, 0.3) is 0 Å². The zero-order valence-corrected chi connectivity index (χ0v) is 30.9. The molecule has 0 aliphatic carbocycles. The summed E-state index contributed by atoms with van der Waals surface area (Å²) in [5, 5.41) is 0. The van der Waals surface area contributed by atoms with Gasteiger partial charge in [-0.25, -0.2) is 0 Å². The predicted molar refractivity (Wildman–Crippen MR) is 169 cm³/mol. The molecule has 0 aliphatic rings. The predicted octanol–water partition coefficient (Wildman–Crippen LogP) is 9.01. The monoisotopic (exact) mass is 671 g/mol. The summed E-state index contributed by atoms with van der Waals surface area (Å²) in [6.07, 6.45) is 20.4. The molecule has 0 aromatic heterocycles. The zero-order valence-electron chi connectivity index (χ0n) is 27.1. The molecular formula is C30H66FeO6P3. The summed E-state index contributed by atoms with van der Waals surface area (Å²) in [4.78, 5) is 34.2. The smallest absolute Gasteiger partial charge is 0.799 e. The maximum Gasteiger partial charge on any atom is 3.00 e. The molecule has 0 N–H and O–H groups in total. The third kappa shape index (κ3) is 41.2. The van der Waals surface area contributed by atoms with Gasteiger partial charge in [0.05, 0.1) is 0 Å². The second-order valence-electron chi connectivity index (χ2n) is 11.0. The van der Waals surface area contributed by atoms with Gasteiger partial charge in [0.15, 0.2) is 0 Å². The molecule has 6 nitrogen and oxygen atoms in total. The molecule has 0 aliphatic heterocycles. The first-order chi connectivity index (χ1) is 18.4. The first kappa shape index (κ1) is 48.0. The molecule has 0 fully saturated rings. The Morgan fingerprint density at radius 3 is 0.550 bits per heavy atom. The minimum atomic E-state index is -3.00. The van der Waals surface area contributed by atoms with Gasteiger partial charge in [-0.1, -0.05) is 119 Å². The van der Waals surface area contributed by atoms with Crippen LogP contribution in [0, 0.1) is 0 Å². The average Bonchev–Trinajstić information content (AvgIpc) is 2.85. The molecule has 0 saturated heterocycles. The van der Waals surface area contributed by atoms with Crippen molar-refractivity contribution < 1.29 is 45.4 Å². The summed E-state index contributed by atoms with van der Waals surface area (Å²) in [7, 11) is -9.01. The van der Waals surface area contributed by atoms with E-state index in [4.69, 9.17) is 0 Å². The standard InChI is InChI=1S/3C10H23O2P.Fe/c3*1-3-5-7-9-13(11,12)10-8-6-4-2;/h3*3-10H2,1-2H3,(H,11,12);/q;;;+3/p-3. The van der Waals surface area contributed by atoms with Crippen LogP contribution in [-0.2, 0) is 30.8 Å². The molecule has 0 bridgehead atoms. The van der Waals surface area contributed by atoms with Gasteiger partial charge in [-0.3, -0.25) is 0 Å². The Morgan fingerprint density at radius 1 is 0.325 bits per heavy atom. The van der Waals surface area contributed by atoms with Crippen LogP contribution < -0.4 is 14.7 Å². The first-order valence-electron chi connectivity index (χ1n) is 16.2. The van der Waals surface area contributed by atoms with Crippen LogP contribution in [0.3, 0.4) is 0 Å². The maximum absolute atomic E-state index is 11.4. The van der Waals surface area contributed by atoms with Gasteiger partial charge in [0.2, 0.25) is 0 Å². The molecule has 0 aromatic carbocycles. The van der Waals surface area contributed by atoms with E-state index in [2.05, 4.69) is 41.5 Å². The topological polar surface area (TPSA) is 120 Å². The molecule has 0 spiro atoms. The fourth-order valence-electron chi connectivity index (χ4n) is 3.95. The van der Waals surface area contributed by atoms with E-state index in [1.807, 2.05) is 0 Å². The summed E-state index contributed by atoms with van der Waals surface area (Å²) in [6, 6.07) is 0. The van der Waals surface area contributed by atoms with Gasteiger partial charge in [-0.05, 0) is 75.5 Å². The second-order valence-corrected chi connectivity index (χ2v) is 18.6. The Morgan fingerprint density at radius 2 is 0.450 bits per heavy atom. The molecule has 10 heteroatoms. The molecule has 0 saturated carbocycles. The van der Waals surface area contributed by atoms with Crippen LogP contribution in [0.4, 0.5) is 0 Å². The minimum Gasteiger partial charge on any atom is -0.799 e. The van der Waals surface area contributed by atoms with E-state index < -0.39 is 22.1 Å². The largest absolute Gasteiger partial charge is 3.00 e. The Balaban J connectivity index is -0.000000240. The third-order valence-electron chi connectivity index (χ3n) is 6.61. The SMILES string of the molecule is CCCCCP(=O)([O-])CCCCC.CCCCCP(=O)([O-])CCCCC.CCCCCP(=O)([O-])CCCCC.[Fe+3]. The summed E-state index contributed by atoms with van der Waals surface area (Å²) in [5.74, 6) is 0. The molecule has 0 amide bonds. The van der Waals surface area contributed by atoms with E-state index in [1.54, 1.807) is 0 Å². The molecule has 0 rings (SSSR count). The number of unbranched alkanes of at least 4 members (excludes halogenated alkanes) is 12. The van der Waals surface area contributed by atoms with Crippen LogP contribution >= 0.6 is 22.1 Å². The first-order valence-corrected chi connectivity index (χ1v) is 22.2. The molecular weight excluding hydrogens is 605 g/mol. The minimum absolute atomic E-state index is 0. The molecule has 0 unspecified atom stereocenters. The van der Waals surface area contributed by atoms with E-state index in [-0.39, 0.29) is 17.1 Å². The number of rotatable bonds is 24. The molecule has 245 valence electrons. The number of hydrogen-bond acceptors (Lipinski definition) is 6. The van der Waals surface area contributed by atoms with E-state index in [0.717, 1.165) is 116 Å². The zero-order chi connectivity index (χ0) is 30.5. The van der Waals surface area contributed by atoms with Gasteiger partial charge in [0, 0.05) is 22.1 Å². The van der Waals surface area contributed by atoms with Gasteiger partial charge >= 0.3 is 17.1 Å². The second kappa shape index (κ2) is 33.0. The van der Waals surface area contributed by atoms with Gasteiger partial charge in [-0.2, -0.15) is 0 Å². The van der Waals surface area contributed by atoms with Crippen LogP contribution in [0.25, 0.3) is 0 Å². The Kier molecular flexibility index (Phi) is 39.6. The third-order valence-corrected chi connectivity index (χ3v) is 12.6. The van der Waals surface area contributed by atoms with Crippen LogP contribution in [-0.4, -0.2) is 37.0 Å². The van der Waals surface area contributed by atoms with Crippen LogP contribution in [0.2, 0.25) is 0 Å². The summed E-state index contributed by atoms with van der Waals surface area (Å²) < 4.78 is 34.2. The van der Waals surface area contributed by atoms with Gasteiger partial charge in [-0.15, -0.1) is 0 Å². The fraction of sp³-hybridized carbons (Fsp3) is 1.00. The average molecular weight is 672 g/mol. The van der Waals surface area contributed by atoms with Crippen LogP contribution in [0.5, 0.6) is 0 Å². The Bertz CT molecular complexity index is 521. The normalized spacial score (nSPS) is 11.6.